The first-order valence-electron chi connectivity index (χ1n) is 8.02. The molecule has 0 fully saturated rings. The molecule has 0 unspecified atom stereocenters. The summed E-state index contributed by atoms with van der Waals surface area (Å²) in [6.07, 6.45) is 2.56. The van der Waals surface area contributed by atoms with Gasteiger partial charge in [0.2, 0.25) is 0 Å². The molecule has 0 saturated heterocycles. The van der Waals surface area contributed by atoms with Crippen molar-refractivity contribution in [2.45, 2.75) is 13.8 Å². The van der Waals surface area contributed by atoms with Crippen LogP contribution in [0.25, 0.3) is 6.08 Å². The summed E-state index contributed by atoms with van der Waals surface area (Å²) >= 11 is 6.15. The van der Waals surface area contributed by atoms with Gasteiger partial charge in [-0.25, -0.2) is 4.79 Å². The summed E-state index contributed by atoms with van der Waals surface area (Å²) in [6, 6.07) is 8.96. The Labute approximate surface area is 157 Å². The Balaban J connectivity index is 1.98. The SMILES string of the molecule is COc1ccc(C=CC(=O)O)cc1OCCOc1cc(C)c(Cl)c(C)c1. The van der Waals surface area contributed by atoms with Crippen molar-refractivity contribution in [3.63, 3.8) is 0 Å². The Kier molecular flexibility index (Phi) is 6.92. The predicted molar refractivity (Wildman–Crippen MR) is 102 cm³/mol. The standard InChI is InChI=1S/C20H21ClO5/c1-13-10-16(11-14(2)20(13)21)25-8-9-26-18-12-15(5-7-19(22)23)4-6-17(18)24-3/h4-7,10-12H,8-9H2,1-3H3,(H,22,23). The second kappa shape index (κ2) is 9.15. The fraction of sp³-hybridized carbons (Fsp3) is 0.250. The van der Waals surface area contributed by atoms with Gasteiger partial charge in [-0.15, -0.1) is 0 Å². The molecule has 6 heteroatoms. The van der Waals surface area contributed by atoms with Gasteiger partial charge in [-0.05, 0) is 60.9 Å². The molecule has 0 saturated carbocycles. The van der Waals surface area contributed by atoms with Gasteiger partial charge in [-0.2, -0.15) is 0 Å². The van der Waals surface area contributed by atoms with Crippen LogP contribution >= 0.6 is 11.6 Å². The number of methoxy groups -OCH3 is 1. The molecule has 0 radical (unpaired) electrons. The predicted octanol–water partition coefficient (Wildman–Crippen LogP) is 4.52. The van der Waals surface area contributed by atoms with Crippen molar-refractivity contribution in [1.82, 2.24) is 0 Å². The summed E-state index contributed by atoms with van der Waals surface area (Å²) in [5.74, 6) is 0.811. The quantitative estimate of drug-likeness (QED) is 0.542. The molecular formula is C20H21ClO5. The van der Waals surface area contributed by atoms with Gasteiger partial charge in [0.05, 0.1) is 7.11 Å². The van der Waals surface area contributed by atoms with Crippen LogP contribution in [0.1, 0.15) is 16.7 Å². The third-order valence-electron chi connectivity index (χ3n) is 3.63. The largest absolute Gasteiger partial charge is 0.493 e. The number of carboxylic acid groups (broad SMARTS) is 1. The highest BCUT2D eigenvalue weighted by Gasteiger charge is 2.07. The van der Waals surface area contributed by atoms with E-state index in [2.05, 4.69) is 0 Å². The molecule has 138 valence electrons. The van der Waals surface area contributed by atoms with Crippen LogP contribution in [-0.4, -0.2) is 31.4 Å². The topological polar surface area (TPSA) is 65.0 Å². The van der Waals surface area contributed by atoms with Gasteiger partial charge in [0.1, 0.15) is 19.0 Å². The van der Waals surface area contributed by atoms with Gasteiger partial charge >= 0.3 is 5.97 Å². The number of aryl methyl sites for hydroxylation is 2. The summed E-state index contributed by atoms with van der Waals surface area (Å²) in [5.41, 5.74) is 2.62. The summed E-state index contributed by atoms with van der Waals surface area (Å²) in [5, 5.41) is 9.46. The van der Waals surface area contributed by atoms with E-state index < -0.39 is 5.97 Å². The molecule has 0 amide bonds. The van der Waals surface area contributed by atoms with E-state index in [0.29, 0.717) is 30.3 Å². The third-order valence-corrected chi connectivity index (χ3v) is 4.22. The molecule has 0 heterocycles. The number of hydrogen-bond donors (Lipinski definition) is 1. The number of carbonyl (C=O) groups is 1. The second-order valence-corrected chi connectivity index (χ2v) is 6.03. The van der Waals surface area contributed by atoms with E-state index in [-0.39, 0.29) is 0 Å². The highest BCUT2D eigenvalue weighted by Crippen LogP contribution is 2.29. The molecule has 2 aromatic rings. The van der Waals surface area contributed by atoms with E-state index in [1.165, 1.54) is 6.08 Å². The lowest BCUT2D eigenvalue weighted by Gasteiger charge is -2.13. The van der Waals surface area contributed by atoms with Crippen molar-refractivity contribution < 1.29 is 24.1 Å². The smallest absolute Gasteiger partial charge is 0.328 e. The Morgan fingerprint density at radius 3 is 2.35 bits per heavy atom. The molecule has 26 heavy (non-hydrogen) atoms. The minimum atomic E-state index is -1.01. The fourth-order valence-electron chi connectivity index (χ4n) is 2.38. The molecule has 1 N–H and O–H groups in total. The van der Waals surface area contributed by atoms with Crippen LogP contribution in [0.4, 0.5) is 0 Å². The van der Waals surface area contributed by atoms with Crippen LogP contribution in [0.15, 0.2) is 36.4 Å². The number of halogens is 1. The van der Waals surface area contributed by atoms with Crippen molar-refractivity contribution in [2.24, 2.45) is 0 Å². The van der Waals surface area contributed by atoms with Crippen LogP contribution in [-0.2, 0) is 4.79 Å². The molecule has 0 bridgehead atoms. The summed E-state index contributed by atoms with van der Waals surface area (Å²) < 4.78 is 16.7. The van der Waals surface area contributed by atoms with Crippen molar-refractivity contribution >= 4 is 23.6 Å². The summed E-state index contributed by atoms with van der Waals surface area (Å²) in [6.45, 7) is 4.52. The van der Waals surface area contributed by atoms with E-state index in [1.807, 2.05) is 26.0 Å². The van der Waals surface area contributed by atoms with Crippen LogP contribution < -0.4 is 14.2 Å². The molecule has 0 aliphatic rings. The summed E-state index contributed by atoms with van der Waals surface area (Å²) in [7, 11) is 1.55. The average molecular weight is 377 g/mol. The molecular weight excluding hydrogens is 356 g/mol. The van der Waals surface area contributed by atoms with Crippen molar-refractivity contribution in [1.29, 1.82) is 0 Å². The number of hydrogen-bond acceptors (Lipinski definition) is 4. The highest BCUT2D eigenvalue weighted by molar-refractivity contribution is 6.32. The Bertz CT molecular complexity index is 791. The third kappa shape index (κ3) is 5.43. The number of ether oxygens (including phenoxy) is 3. The van der Waals surface area contributed by atoms with Gasteiger partial charge in [0.25, 0.3) is 0 Å². The van der Waals surface area contributed by atoms with Crippen LogP contribution in [0, 0.1) is 13.8 Å². The van der Waals surface area contributed by atoms with Gasteiger partial charge in [0, 0.05) is 11.1 Å². The zero-order chi connectivity index (χ0) is 19.1. The van der Waals surface area contributed by atoms with E-state index in [1.54, 1.807) is 25.3 Å². The molecule has 0 spiro atoms. The van der Waals surface area contributed by atoms with E-state index in [4.69, 9.17) is 30.9 Å². The molecule has 0 aliphatic carbocycles. The minimum absolute atomic E-state index is 0.309. The number of rotatable bonds is 8. The molecule has 0 aromatic heterocycles. The molecule has 0 atom stereocenters. The van der Waals surface area contributed by atoms with Crippen LogP contribution in [0.3, 0.4) is 0 Å². The van der Waals surface area contributed by atoms with E-state index in [9.17, 15) is 4.79 Å². The van der Waals surface area contributed by atoms with Crippen LogP contribution in [0.5, 0.6) is 17.2 Å². The van der Waals surface area contributed by atoms with Gasteiger partial charge in [-0.1, -0.05) is 17.7 Å². The van der Waals surface area contributed by atoms with Gasteiger partial charge < -0.3 is 19.3 Å². The maximum Gasteiger partial charge on any atom is 0.328 e. The zero-order valence-electron chi connectivity index (χ0n) is 14.9. The zero-order valence-corrected chi connectivity index (χ0v) is 15.7. The second-order valence-electron chi connectivity index (χ2n) is 5.65. The Morgan fingerprint density at radius 1 is 1.08 bits per heavy atom. The summed E-state index contributed by atoms with van der Waals surface area (Å²) in [4.78, 5) is 10.6. The van der Waals surface area contributed by atoms with E-state index >= 15 is 0 Å². The lowest BCUT2D eigenvalue weighted by atomic mass is 10.1. The van der Waals surface area contributed by atoms with Gasteiger partial charge in [0.15, 0.2) is 11.5 Å². The number of aliphatic carboxylic acids is 1. The van der Waals surface area contributed by atoms with E-state index in [0.717, 1.165) is 28.0 Å². The molecule has 0 aliphatic heterocycles. The fourth-order valence-corrected chi connectivity index (χ4v) is 2.49. The normalized spacial score (nSPS) is 10.8. The maximum absolute atomic E-state index is 10.6. The lowest BCUT2D eigenvalue weighted by Crippen LogP contribution is -2.10. The first kappa shape index (κ1) is 19.7. The minimum Gasteiger partial charge on any atom is -0.493 e. The van der Waals surface area contributed by atoms with Gasteiger partial charge in [-0.3, -0.25) is 0 Å². The lowest BCUT2D eigenvalue weighted by molar-refractivity contribution is -0.131. The highest BCUT2D eigenvalue weighted by atomic mass is 35.5. The number of benzene rings is 2. The molecule has 5 nitrogen and oxygen atoms in total. The Morgan fingerprint density at radius 2 is 1.73 bits per heavy atom. The maximum atomic E-state index is 10.6. The first-order valence-corrected chi connectivity index (χ1v) is 8.40. The van der Waals surface area contributed by atoms with Crippen molar-refractivity contribution in [3.05, 3.63) is 58.1 Å². The van der Waals surface area contributed by atoms with Crippen molar-refractivity contribution in [3.8, 4) is 17.2 Å². The Hall–Kier alpha value is -2.66. The molecule has 2 aromatic carbocycles. The van der Waals surface area contributed by atoms with Crippen LogP contribution in [0.2, 0.25) is 5.02 Å². The molecule has 2 rings (SSSR count). The number of carboxylic acids is 1. The monoisotopic (exact) mass is 376 g/mol. The van der Waals surface area contributed by atoms with Crippen molar-refractivity contribution in [2.75, 3.05) is 20.3 Å². The average Bonchev–Trinajstić information content (AvgIpc) is 2.61. The first-order chi connectivity index (χ1) is 12.4.